The number of fused-ring (bicyclic) bond motifs is 1. The third-order valence-corrected chi connectivity index (χ3v) is 3.48. The molecule has 1 heterocycles. The maximum absolute atomic E-state index is 14.1. The fraction of sp³-hybridized carbons (Fsp3) is 0.0667. The summed E-state index contributed by atoms with van der Waals surface area (Å²) in [6, 6.07) is 11.1. The van der Waals surface area contributed by atoms with Gasteiger partial charge in [0.1, 0.15) is 11.6 Å². The minimum atomic E-state index is -0.548. The SMILES string of the molecule is COc1ccc(F)c(-n2c(=S)[nH]c3ccccc3c2=O)c1. The molecule has 0 saturated heterocycles. The van der Waals surface area contributed by atoms with Crippen LogP contribution in [0.15, 0.2) is 47.3 Å². The second-order valence-corrected chi connectivity index (χ2v) is 4.82. The smallest absolute Gasteiger partial charge is 0.266 e. The molecule has 0 aliphatic carbocycles. The molecule has 0 aliphatic heterocycles. The van der Waals surface area contributed by atoms with E-state index in [9.17, 15) is 9.18 Å². The Morgan fingerprint density at radius 3 is 2.76 bits per heavy atom. The Hall–Kier alpha value is -2.47. The molecule has 106 valence electrons. The lowest BCUT2D eigenvalue weighted by atomic mass is 10.2. The van der Waals surface area contributed by atoms with E-state index in [4.69, 9.17) is 17.0 Å². The van der Waals surface area contributed by atoms with Crippen molar-refractivity contribution in [2.75, 3.05) is 7.11 Å². The Morgan fingerprint density at radius 2 is 2.00 bits per heavy atom. The van der Waals surface area contributed by atoms with Gasteiger partial charge in [-0.15, -0.1) is 0 Å². The maximum Gasteiger partial charge on any atom is 0.266 e. The Bertz CT molecular complexity index is 946. The summed E-state index contributed by atoms with van der Waals surface area (Å²) < 4.78 is 20.4. The monoisotopic (exact) mass is 302 g/mol. The molecule has 0 spiro atoms. The van der Waals surface area contributed by atoms with Crippen LogP contribution in [0, 0.1) is 10.6 Å². The first kappa shape index (κ1) is 13.5. The molecule has 0 aliphatic rings. The number of benzene rings is 2. The van der Waals surface area contributed by atoms with Gasteiger partial charge in [0.05, 0.1) is 23.7 Å². The van der Waals surface area contributed by atoms with E-state index in [1.807, 2.05) is 0 Å². The molecular weight excluding hydrogens is 291 g/mol. The fourth-order valence-electron chi connectivity index (χ4n) is 2.17. The average Bonchev–Trinajstić information content (AvgIpc) is 2.49. The van der Waals surface area contributed by atoms with Crippen LogP contribution in [0.25, 0.3) is 16.6 Å². The van der Waals surface area contributed by atoms with Crippen molar-refractivity contribution in [1.29, 1.82) is 0 Å². The standard InChI is InChI=1S/C15H11FN2O2S/c1-20-9-6-7-11(16)13(8-9)18-14(19)10-4-2-3-5-12(10)17-15(18)21/h2-8H,1H3,(H,17,21). The lowest BCUT2D eigenvalue weighted by Gasteiger charge is -2.10. The second-order valence-electron chi connectivity index (χ2n) is 4.43. The van der Waals surface area contributed by atoms with E-state index in [2.05, 4.69) is 4.98 Å². The number of aromatic amines is 1. The summed E-state index contributed by atoms with van der Waals surface area (Å²) in [5.74, 6) is -0.103. The molecule has 1 N–H and O–H groups in total. The van der Waals surface area contributed by atoms with Crippen LogP contribution in [0.3, 0.4) is 0 Å². The fourth-order valence-corrected chi connectivity index (χ4v) is 2.46. The number of hydrogen-bond donors (Lipinski definition) is 1. The highest BCUT2D eigenvalue weighted by atomic mass is 32.1. The lowest BCUT2D eigenvalue weighted by molar-refractivity contribution is 0.413. The summed E-state index contributed by atoms with van der Waals surface area (Å²) in [7, 11) is 1.47. The maximum atomic E-state index is 14.1. The molecule has 1 aromatic heterocycles. The highest BCUT2D eigenvalue weighted by molar-refractivity contribution is 7.71. The molecule has 0 amide bonds. The van der Waals surface area contributed by atoms with Gasteiger partial charge >= 0.3 is 0 Å². The van der Waals surface area contributed by atoms with Crippen molar-refractivity contribution in [3.63, 3.8) is 0 Å². The molecule has 0 unspecified atom stereocenters. The lowest BCUT2D eigenvalue weighted by Crippen LogP contribution is -2.21. The topological polar surface area (TPSA) is 47.0 Å². The van der Waals surface area contributed by atoms with Crippen LogP contribution in [0.2, 0.25) is 0 Å². The zero-order chi connectivity index (χ0) is 15.0. The summed E-state index contributed by atoms with van der Waals surface area (Å²) in [5.41, 5.74) is 0.305. The largest absolute Gasteiger partial charge is 0.497 e. The van der Waals surface area contributed by atoms with Gasteiger partial charge in [0.2, 0.25) is 0 Å². The normalized spacial score (nSPS) is 10.8. The summed E-state index contributed by atoms with van der Waals surface area (Å²) in [4.78, 5) is 15.5. The number of nitrogens with zero attached hydrogens (tertiary/aromatic N) is 1. The summed E-state index contributed by atoms with van der Waals surface area (Å²) >= 11 is 5.19. The molecule has 3 aromatic rings. The summed E-state index contributed by atoms with van der Waals surface area (Å²) in [6.07, 6.45) is 0. The highest BCUT2D eigenvalue weighted by Gasteiger charge is 2.12. The number of aromatic nitrogens is 2. The van der Waals surface area contributed by atoms with Crippen LogP contribution < -0.4 is 10.3 Å². The van der Waals surface area contributed by atoms with Crippen molar-refractivity contribution in [3.8, 4) is 11.4 Å². The van der Waals surface area contributed by atoms with E-state index in [-0.39, 0.29) is 16.0 Å². The first-order valence-corrected chi connectivity index (χ1v) is 6.60. The van der Waals surface area contributed by atoms with Crippen molar-refractivity contribution in [2.24, 2.45) is 0 Å². The van der Waals surface area contributed by atoms with Crippen LogP contribution in [-0.2, 0) is 0 Å². The minimum absolute atomic E-state index is 0.0614. The third kappa shape index (κ3) is 2.23. The zero-order valence-corrected chi connectivity index (χ0v) is 11.9. The van der Waals surface area contributed by atoms with Gasteiger partial charge in [-0.1, -0.05) is 12.1 Å². The Kier molecular flexibility index (Phi) is 3.31. The van der Waals surface area contributed by atoms with E-state index in [0.29, 0.717) is 16.7 Å². The van der Waals surface area contributed by atoms with Crippen LogP contribution >= 0.6 is 12.2 Å². The van der Waals surface area contributed by atoms with Crippen molar-refractivity contribution < 1.29 is 9.13 Å². The van der Waals surface area contributed by atoms with Gasteiger partial charge < -0.3 is 9.72 Å². The number of H-pyrrole nitrogens is 1. The number of methoxy groups -OCH3 is 1. The number of nitrogens with one attached hydrogen (secondary N) is 1. The average molecular weight is 302 g/mol. The third-order valence-electron chi connectivity index (χ3n) is 3.20. The molecular formula is C15H11FN2O2S. The van der Waals surface area contributed by atoms with Gasteiger partial charge in [-0.2, -0.15) is 0 Å². The first-order chi connectivity index (χ1) is 10.1. The summed E-state index contributed by atoms with van der Waals surface area (Å²) in [6.45, 7) is 0. The predicted octanol–water partition coefficient (Wildman–Crippen LogP) is 3.20. The Labute approximate surface area is 124 Å². The Balaban J connectivity index is 2.41. The minimum Gasteiger partial charge on any atom is -0.497 e. The molecule has 0 bridgehead atoms. The molecule has 6 heteroatoms. The highest BCUT2D eigenvalue weighted by Crippen LogP contribution is 2.20. The molecule has 0 radical (unpaired) electrons. The van der Waals surface area contributed by atoms with Gasteiger partial charge in [0.15, 0.2) is 4.77 Å². The second kappa shape index (κ2) is 5.14. The van der Waals surface area contributed by atoms with Gasteiger partial charge in [-0.25, -0.2) is 8.96 Å². The van der Waals surface area contributed by atoms with E-state index < -0.39 is 5.82 Å². The number of para-hydroxylation sites is 1. The molecule has 0 atom stereocenters. The quantitative estimate of drug-likeness (QED) is 0.740. The van der Waals surface area contributed by atoms with Crippen molar-refractivity contribution in [3.05, 3.63) is 63.4 Å². The van der Waals surface area contributed by atoms with E-state index in [0.717, 1.165) is 4.57 Å². The molecule has 21 heavy (non-hydrogen) atoms. The van der Waals surface area contributed by atoms with E-state index >= 15 is 0 Å². The number of ether oxygens (including phenoxy) is 1. The van der Waals surface area contributed by atoms with Crippen LogP contribution in [0.1, 0.15) is 0 Å². The van der Waals surface area contributed by atoms with E-state index in [1.165, 1.54) is 25.3 Å². The number of hydrogen-bond acceptors (Lipinski definition) is 3. The molecule has 2 aromatic carbocycles. The predicted molar refractivity (Wildman–Crippen MR) is 81.2 cm³/mol. The number of halogens is 1. The van der Waals surface area contributed by atoms with Crippen LogP contribution in [0.4, 0.5) is 4.39 Å². The van der Waals surface area contributed by atoms with Gasteiger partial charge in [-0.3, -0.25) is 4.79 Å². The first-order valence-electron chi connectivity index (χ1n) is 6.20. The zero-order valence-electron chi connectivity index (χ0n) is 11.1. The molecule has 3 rings (SSSR count). The van der Waals surface area contributed by atoms with Crippen molar-refractivity contribution >= 4 is 23.1 Å². The van der Waals surface area contributed by atoms with Crippen LogP contribution in [0.5, 0.6) is 5.75 Å². The van der Waals surface area contributed by atoms with Crippen molar-refractivity contribution in [1.82, 2.24) is 9.55 Å². The number of rotatable bonds is 2. The molecule has 0 fully saturated rings. The summed E-state index contributed by atoms with van der Waals surface area (Å²) in [5, 5.41) is 0.438. The van der Waals surface area contributed by atoms with Crippen LogP contribution in [-0.4, -0.2) is 16.7 Å². The Morgan fingerprint density at radius 1 is 1.24 bits per heavy atom. The van der Waals surface area contributed by atoms with Crippen molar-refractivity contribution in [2.45, 2.75) is 0 Å². The van der Waals surface area contributed by atoms with Gasteiger partial charge in [-0.05, 0) is 36.5 Å². The molecule has 4 nitrogen and oxygen atoms in total. The molecule has 0 saturated carbocycles. The van der Waals surface area contributed by atoms with Gasteiger partial charge in [0.25, 0.3) is 5.56 Å². The van der Waals surface area contributed by atoms with Gasteiger partial charge in [0, 0.05) is 6.07 Å². The van der Waals surface area contributed by atoms with E-state index in [1.54, 1.807) is 24.3 Å².